The molecule has 7 heteroatoms. The minimum atomic E-state index is -0.434. The Labute approximate surface area is 193 Å². The second-order valence-corrected chi connectivity index (χ2v) is 7.92. The number of halogens is 1. The van der Waals surface area contributed by atoms with Gasteiger partial charge in [-0.25, -0.2) is 4.39 Å². The molecule has 3 aromatic rings. The fourth-order valence-electron chi connectivity index (χ4n) is 3.95. The van der Waals surface area contributed by atoms with Crippen LogP contribution in [0.4, 0.5) is 10.1 Å². The molecule has 1 saturated heterocycles. The second kappa shape index (κ2) is 9.83. The van der Waals surface area contributed by atoms with E-state index in [0.717, 1.165) is 37.4 Å². The lowest BCUT2D eigenvalue weighted by molar-refractivity contribution is 0.0974. The highest BCUT2D eigenvalue weighted by atomic mass is 19.1. The van der Waals surface area contributed by atoms with Crippen LogP contribution in [-0.2, 0) is 0 Å². The third kappa shape index (κ3) is 4.88. The molecule has 1 aliphatic rings. The Bertz CT molecular complexity index is 1190. The Morgan fingerprint density at radius 2 is 1.94 bits per heavy atom. The summed E-state index contributed by atoms with van der Waals surface area (Å²) in [5.74, 6) is -0.300. The summed E-state index contributed by atoms with van der Waals surface area (Å²) in [6.45, 7) is 9.57. The highest BCUT2D eigenvalue weighted by molar-refractivity contribution is 6.00. The van der Waals surface area contributed by atoms with Gasteiger partial charge in [-0.15, -0.1) is 0 Å². The summed E-state index contributed by atoms with van der Waals surface area (Å²) in [5, 5.41) is 6.22. The minimum absolute atomic E-state index is 0.252. The zero-order chi connectivity index (χ0) is 23.4. The van der Waals surface area contributed by atoms with Crippen LogP contribution in [0.15, 0.2) is 61.3 Å². The van der Waals surface area contributed by atoms with Crippen LogP contribution in [0.1, 0.15) is 21.5 Å². The number of amides is 1. The van der Waals surface area contributed by atoms with E-state index in [9.17, 15) is 9.18 Å². The maximum atomic E-state index is 14.6. The number of piperazine rings is 1. The fourth-order valence-corrected chi connectivity index (χ4v) is 3.95. The molecule has 0 saturated carbocycles. The number of anilines is 1. The van der Waals surface area contributed by atoms with Crippen LogP contribution < -0.4 is 20.3 Å². The quantitative estimate of drug-likeness (QED) is 0.599. The maximum absolute atomic E-state index is 14.6. The van der Waals surface area contributed by atoms with Gasteiger partial charge in [0, 0.05) is 54.9 Å². The predicted octanol–water partition coefficient (Wildman–Crippen LogP) is 4.02. The van der Waals surface area contributed by atoms with E-state index in [1.807, 2.05) is 25.1 Å². The first kappa shape index (κ1) is 22.5. The molecule has 33 heavy (non-hydrogen) atoms. The number of carbonyl (C=O) groups excluding carboxylic acids is 1. The van der Waals surface area contributed by atoms with Crippen molar-refractivity contribution in [2.24, 2.45) is 0 Å². The molecule has 2 N–H and O–H groups in total. The standard InChI is InChI=1S/C26H27FN4O2/c1-17-16-29-23(25-22(27)8-5-9-24(25)33-3)15-21(17)18(2)30-26(32)19-6-4-7-20(14-19)31-12-10-28-11-13-31/h4-9,14-16,28H,2,10-13H2,1,3H3,(H,30,32). The predicted molar refractivity (Wildman–Crippen MR) is 129 cm³/mol. The van der Waals surface area contributed by atoms with Crippen LogP contribution in [-0.4, -0.2) is 44.2 Å². The fraction of sp³-hybridized carbons (Fsp3) is 0.231. The van der Waals surface area contributed by atoms with Gasteiger partial charge in [-0.05, 0) is 48.9 Å². The summed E-state index contributed by atoms with van der Waals surface area (Å²) in [4.78, 5) is 19.6. The van der Waals surface area contributed by atoms with E-state index in [1.54, 1.807) is 30.5 Å². The van der Waals surface area contributed by atoms with Gasteiger partial charge in [-0.3, -0.25) is 9.78 Å². The first-order chi connectivity index (χ1) is 16.0. The van der Waals surface area contributed by atoms with Gasteiger partial charge in [0.1, 0.15) is 11.6 Å². The average Bonchev–Trinajstić information content (AvgIpc) is 2.85. The van der Waals surface area contributed by atoms with Gasteiger partial charge >= 0.3 is 0 Å². The lowest BCUT2D eigenvalue weighted by atomic mass is 10.0. The van der Waals surface area contributed by atoms with Crippen molar-refractivity contribution >= 4 is 17.3 Å². The number of pyridine rings is 1. The number of aromatic nitrogens is 1. The molecule has 1 amide bonds. The highest BCUT2D eigenvalue weighted by Crippen LogP contribution is 2.33. The van der Waals surface area contributed by atoms with Gasteiger partial charge in [0.15, 0.2) is 0 Å². The number of carbonyl (C=O) groups is 1. The molecule has 170 valence electrons. The Kier molecular flexibility index (Phi) is 6.70. The molecule has 0 unspecified atom stereocenters. The summed E-state index contributed by atoms with van der Waals surface area (Å²) in [6, 6.07) is 13.9. The van der Waals surface area contributed by atoms with Crippen LogP contribution in [0.3, 0.4) is 0 Å². The van der Waals surface area contributed by atoms with Crippen LogP contribution in [0.5, 0.6) is 5.75 Å². The third-order valence-electron chi connectivity index (χ3n) is 5.73. The van der Waals surface area contributed by atoms with Crippen LogP contribution in [0, 0.1) is 12.7 Å². The topological polar surface area (TPSA) is 66.5 Å². The molecule has 0 atom stereocenters. The number of nitrogens with zero attached hydrogens (tertiary/aromatic N) is 2. The lowest BCUT2D eigenvalue weighted by Crippen LogP contribution is -2.43. The molecular weight excluding hydrogens is 419 g/mol. The van der Waals surface area contributed by atoms with Crippen molar-refractivity contribution < 1.29 is 13.9 Å². The van der Waals surface area contributed by atoms with E-state index in [2.05, 4.69) is 27.1 Å². The number of aryl methyl sites for hydroxylation is 1. The summed E-state index contributed by atoms with van der Waals surface area (Å²) in [5.41, 5.74) is 4.15. The molecular formula is C26H27FN4O2. The number of hydrogen-bond acceptors (Lipinski definition) is 5. The molecule has 1 fully saturated rings. The zero-order valence-electron chi connectivity index (χ0n) is 18.8. The molecule has 2 aromatic carbocycles. The number of rotatable bonds is 6. The van der Waals surface area contributed by atoms with E-state index < -0.39 is 5.82 Å². The maximum Gasteiger partial charge on any atom is 0.255 e. The summed E-state index contributed by atoms with van der Waals surface area (Å²) >= 11 is 0. The summed E-state index contributed by atoms with van der Waals surface area (Å²) in [7, 11) is 1.49. The van der Waals surface area contributed by atoms with Gasteiger partial charge in [-0.2, -0.15) is 0 Å². The Hall–Kier alpha value is -3.71. The molecule has 6 nitrogen and oxygen atoms in total. The van der Waals surface area contributed by atoms with Crippen molar-refractivity contribution in [2.45, 2.75) is 6.92 Å². The lowest BCUT2D eigenvalue weighted by Gasteiger charge is -2.29. The molecule has 4 rings (SSSR count). The van der Waals surface area contributed by atoms with E-state index in [1.165, 1.54) is 13.2 Å². The number of benzene rings is 2. The first-order valence-electron chi connectivity index (χ1n) is 10.8. The number of methoxy groups -OCH3 is 1. The van der Waals surface area contributed by atoms with E-state index in [0.29, 0.717) is 28.3 Å². The monoisotopic (exact) mass is 446 g/mol. The van der Waals surface area contributed by atoms with Gasteiger partial charge in [0.25, 0.3) is 5.91 Å². The van der Waals surface area contributed by atoms with Crippen molar-refractivity contribution in [1.29, 1.82) is 0 Å². The normalized spacial score (nSPS) is 13.5. The molecule has 1 aliphatic heterocycles. The minimum Gasteiger partial charge on any atom is -0.496 e. The van der Waals surface area contributed by atoms with Crippen molar-refractivity contribution in [3.63, 3.8) is 0 Å². The van der Waals surface area contributed by atoms with Crippen molar-refractivity contribution in [1.82, 2.24) is 15.6 Å². The Morgan fingerprint density at radius 1 is 1.18 bits per heavy atom. The zero-order valence-corrected chi connectivity index (χ0v) is 18.8. The van der Waals surface area contributed by atoms with Gasteiger partial charge in [0.2, 0.25) is 0 Å². The van der Waals surface area contributed by atoms with Gasteiger partial charge < -0.3 is 20.3 Å². The third-order valence-corrected chi connectivity index (χ3v) is 5.73. The van der Waals surface area contributed by atoms with Crippen molar-refractivity contribution in [3.05, 3.63) is 83.8 Å². The molecule has 1 aromatic heterocycles. The SMILES string of the molecule is C=C(NC(=O)c1cccc(N2CCNCC2)c1)c1cc(-c2c(F)cccc2OC)ncc1C. The number of ether oxygens (including phenoxy) is 1. The summed E-state index contributed by atoms with van der Waals surface area (Å²) < 4.78 is 19.9. The largest absolute Gasteiger partial charge is 0.496 e. The smallest absolute Gasteiger partial charge is 0.255 e. The molecule has 2 heterocycles. The van der Waals surface area contributed by atoms with Crippen LogP contribution in [0.25, 0.3) is 17.0 Å². The number of nitrogens with one attached hydrogen (secondary N) is 2. The molecule has 0 aliphatic carbocycles. The van der Waals surface area contributed by atoms with Crippen LogP contribution >= 0.6 is 0 Å². The van der Waals surface area contributed by atoms with Crippen molar-refractivity contribution in [2.75, 3.05) is 38.2 Å². The van der Waals surface area contributed by atoms with E-state index in [4.69, 9.17) is 4.74 Å². The highest BCUT2D eigenvalue weighted by Gasteiger charge is 2.17. The molecule has 0 bridgehead atoms. The van der Waals surface area contributed by atoms with E-state index in [-0.39, 0.29) is 11.5 Å². The van der Waals surface area contributed by atoms with E-state index >= 15 is 0 Å². The molecule has 0 spiro atoms. The van der Waals surface area contributed by atoms with Crippen molar-refractivity contribution in [3.8, 4) is 17.0 Å². The second-order valence-electron chi connectivity index (χ2n) is 7.92. The number of hydrogen-bond donors (Lipinski definition) is 2. The first-order valence-corrected chi connectivity index (χ1v) is 10.8. The average molecular weight is 447 g/mol. The van der Waals surface area contributed by atoms with Crippen LogP contribution in [0.2, 0.25) is 0 Å². The Balaban J connectivity index is 1.57. The van der Waals surface area contributed by atoms with Gasteiger partial charge in [0.05, 0.1) is 18.4 Å². The molecule has 0 radical (unpaired) electrons. The van der Waals surface area contributed by atoms with Gasteiger partial charge in [-0.1, -0.05) is 18.7 Å². The summed E-state index contributed by atoms with van der Waals surface area (Å²) in [6.07, 6.45) is 1.64. The Morgan fingerprint density at radius 3 is 2.70 bits per heavy atom.